The van der Waals surface area contributed by atoms with Gasteiger partial charge >= 0.3 is 0 Å². The Balaban J connectivity index is 1.79. The number of halogens is 2. The fourth-order valence-electron chi connectivity index (χ4n) is 2.95. The zero-order valence-electron chi connectivity index (χ0n) is 17.6. The van der Waals surface area contributed by atoms with Crippen molar-refractivity contribution in [2.45, 2.75) is 33.1 Å². The summed E-state index contributed by atoms with van der Waals surface area (Å²) in [4.78, 5) is 8.57. The topological polar surface area (TPSA) is 88.9 Å². The van der Waals surface area contributed by atoms with E-state index in [9.17, 15) is 8.78 Å². The Morgan fingerprint density at radius 1 is 1.16 bits per heavy atom. The predicted octanol–water partition coefficient (Wildman–Crippen LogP) is 4.92. The average Bonchev–Trinajstić information content (AvgIpc) is 3.34. The molecular weight excluding hydrogens is 402 g/mol. The van der Waals surface area contributed by atoms with E-state index in [1.54, 1.807) is 37.6 Å². The molecule has 0 radical (unpaired) electrons. The van der Waals surface area contributed by atoms with Crippen molar-refractivity contribution in [3.05, 3.63) is 59.7 Å². The third kappa shape index (κ3) is 5.78. The van der Waals surface area contributed by atoms with Crippen LogP contribution in [0.25, 0.3) is 16.8 Å². The third-order valence-electron chi connectivity index (χ3n) is 4.84. The number of ether oxygens (including phenoxy) is 1. The van der Waals surface area contributed by atoms with Gasteiger partial charge in [0.25, 0.3) is 6.43 Å². The summed E-state index contributed by atoms with van der Waals surface area (Å²) >= 11 is 0. The van der Waals surface area contributed by atoms with Gasteiger partial charge in [0.1, 0.15) is 6.61 Å². The lowest BCUT2D eigenvalue weighted by Crippen LogP contribution is -2.08. The van der Waals surface area contributed by atoms with Gasteiger partial charge in [-0.05, 0) is 42.7 Å². The maximum Gasteiger partial charge on any atom is 0.265 e. The van der Waals surface area contributed by atoms with Crippen LogP contribution in [0.5, 0.6) is 5.88 Å². The minimum Gasteiger partial charge on any atom is -0.472 e. The van der Waals surface area contributed by atoms with Crippen LogP contribution in [0.4, 0.5) is 8.78 Å². The monoisotopic (exact) mass is 426 g/mol. The summed E-state index contributed by atoms with van der Waals surface area (Å²) in [6.07, 6.45) is 3.40. The molecule has 3 aromatic heterocycles. The number of alkyl halides is 2. The minimum atomic E-state index is -2.55. The Labute approximate surface area is 179 Å². The molecule has 1 N–H and O–H groups in total. The van der Waals surface area contributed by atoms with Crippen molar-refractivity contribution in [2.24, 2.45) is 4.99 Å². The SMILES string of the molecule is CC/C(C/C(=C(\C)COc1ccc(-c2cn[nH]c2)nn1)c1ccc(C(F)F)cn1)=N/C. The number of aromatic nitrogens is 5. The van der Waals surface area contributed by atoms with Crippen LogP contribution in [0.15, 0.2) is 53.4 Å². The van der Waals surface area contributed by atoms with E-state index in [0.29, 0.717) is 23.7 Å². The summed E-state index contributed by atoms with van der Waals surface area (Å²) in [5.74, 6) is 0.381. The number of rotatable bonds is 9. The van der Waals surface area contributed by atoms with E-state index in [1.807, 2.05) is 13.8 Å². The first-order chi connectivity index (χ1) is 15.0. The molecule has 3 heterocycles. The molecule has 9 heteroatoms. The first-order valence-corrected chi connectivity index (χ1v) is 9.85. The molecule has 3 rings (SSSR count). The van der Waals surface area contributed by atoms with Gasteiger partial charge in [0.2, 0.25) is 5.88 Å². The fourth-order valence-corrected chi connectivity index (χ4v) is 2.95. The molecule has 0 bridgehead atoms. The molecular formula is C22H24F2N6O. The van der Waals surface area contributed by atoms with E-state index >= 15 is 0 Å². The number of aliphatic imine (C=N–C) groups is 1. The van der Waals surface area contributed by atoms with Crippen molar-refractivity contribution in [3.8, 4) is 17.1 Å². The lowest BCUT2D eigenvalue weighted by molar-refractivity contribution is 0.151. The fraction of sp³-hybridized carbons (Fsp3) is 0.318. The minimum absolute atomic E-state index is 0.107. The van der Waals surface area contributed by atoms with Gasteiger partial charge in [-0.15, -0.1) is 10.2 Å². The summed E-state index contributed by atoms with van der Waals surface area (Å²) in [7, 11) is 1.74. The highest BCUT2D eigenvalue weighted by molar-refractivity contribution is 5.94. The molecule has 0 unspecified atom stereocenters. The number of aromatic amines is 1. The molecule has 0 saturated heterocycles. The Hall–Kier alpha value is -3.49. The van der Waals surface area contributed by atoms with E-state index in [0.717, 1.165) is 28.8 Å². The van der Waals surface area contributed by atoms with E-state index in [-0.39, 0.29) is 12.2 Å². The van der Waals surface area contributed by atoms with Gasteiger partial charge in [-0.25, -0.2) is 8.78 Å². The number of hydrogen-bond donors (Lipinski definition) is 1. The summed E-state index contributed by atoms with van der Waals surface area (Å²) in [6.45, 7) is 4.21. The highest BCUT2D eigenvalue weighted by Crippen LogP contribution is 2.25. The van der Waals surface area contributed by atoms with Crippen LogP contribution in [0.2, 0.25) is 0 Å². The van der Waals surface area contributed by atoms with Crippen LogP contribution in [-0.2, 0) is 0 Å². The molecule has 0 saturated carbocycles. The molecule has 0 aliphatic rings. The predicted molar refractivity (Wildman–Crippen MR) is 115 cm³/mol. The van der Waals surface area contributed by atoms with Crippen molar-refractivity contribution in [1.29, 1.82) is 0 Å². The van der Waals surface area contributed by atoms with E-state index in [2.05, 4.69) is 30.4 Å². The Morgan fingerprint density at radius 3 is 2.55 bits per heavy atom. The Morgan fingerprint density at radius 2 is 2.00 bits per heavy atom. The molecule has 0 fully saturated rings. The number of allylic oxidation sites excluding steroid dienone is 1. The first kappa shape index (κ1) is 22.2. The van der Waals surface area contributed by atoms with Crippen molar-refractivity contribution in [2.75, 3.05) is 13.7 Å². The Kier molecular flexibility index (Phi) is 7.53. The normalized spacial score (nSPS) is 12.8. The second-order valence-corrected chi connectivity index (χ2v) is 6.89. The largest absolute Gasteiger partial charge is 0.472 e. The highest BCUT2D eigenvalue weighted by atomic mass is 19.3. The van der Waals surface area contributed by atoms with E-state index < -0.39 is 6.43 Å². The van der Waals surface area contributed by atoms with Gasteiger partial charge in [-0.2, -0.15) is 5.10 Å². The molecule has 0 atom stereocenters. The summed E-state index contributed by atoms with van der Waals surface area (Å²) < 4.78 is 31.6. The smallest absolute Gasteiger partial charge is 0.265 e. The molecule has 162 valence electrons. The summed E-state index contributed by atoms with van der Waals surface area (Å²) in [5.41, 5.74) is 4.83. The van der Waals surface area contributed by atoms with Crippen molar-refractivity contribution >= 4 is 11.3 Å². The van der Waals surface area contributed by atoms with Crippen LogP contribution < -0.4 is 4.74 Å². The second-order valence-electron chi connectivity index (χ2n) is 6.89. The van der Waals surface area contributed by atoms with Gasteiger partial charge in [0.05, 0.1) is 17.6 Å². The maximum atomic E-state index is 12.9. The zero-order chi connectivity index (χ0) is 22.2. The number of nitrogens with one attached hydrogen (secondary N) is 1. The quantitative estimate of drug-likeness (QED) is 0.491. The summed E-state index contributed by atoms with van der Waals surface area (Å²) in [5, 5.41) is 14.9. The molecule has 0 spiro atoms. The van der Waals surface area contributed by atoms with Crippen LogP contribution in [0, 0.1) is 0 Å². The maximum absolute atomic E-state index is 12.9. The van der Waals surface area contributed by atoms with Gasteiger partial charge in [0, 0.05) is 48.8 Å². The van der Waals surface area contributed by atoms with Crippen molar-refractivity contribution < 1.29 is 13.5 Å². The number of nitrogens with zero attached hydrogens (tertiary/aromatic N) is 5. The Bertz CT molecular complexity index is 1030. The molecule has 3 aromatic rings. The lowest BCUT2D eigenvalue weighted by atomic mass is 9.98. The zero-order valence-corrected chi connectivity index (χ0v) is 17.6. The van der Waals surface area contributed by atoms with Gasteiger partial charge in [-0.1, -0.05) is 6.92 Å². The molecule has 31 heavy (non-hydrogen) atoms. The van der Waals surface area contributed by atoms with Gasteiger partial charge in [-0.3, -0.25) is 15.1 Å². The first-order valence-electron chi connectivity index (χ1n) is 9.85. The van der Waals surface area contributed by atoms with Crippen LogP contribution >= 0.6 is 0 Å². The van der Waals surface area contributed by atoms with E-state index in [1.165, 1.54) is 12.3 Å². The number of H-pyrrole nitrogens is 1. The molecule has 0 amide bonds. The average molecular weight is 426 g/mol. The molecule has 0 aromatic carbocycles. The second kappa shape index (κ2) is 10.5. The molecule has 7 nitrogen and oxygen atoms in total. The van der Waals surface area contributed by atoms with Crippen molar-refractivity contribution in [3.63, 3.8) is 0 Å². The molecule has 0 aliphatic heterocycles. The van der Waals surface area contributed by atoms with Crippen molar-refractivity contribution in [1.82, 2.24) is 25.4 Å². The number of hydrogen-bond acceptors (Lipinski definition) is 6. The van der Waals surface area contributed by atoms with Gasteiger partial charge < -0.3 is 4.74 Å². The lowest BCUT2D eigenvalue weighted by Gasteiger charge is -2.14. The van der Waals surface area contributed by atoms with Gasteiger partial charge in [0.15, 0.2) is 0 Å². The van der Waals surface area contributed by atoms with Crippen LogP contribution in [0.1, 0.15) is 44.4 Å². The highest BCUT2D eigenvalue weighted by Gasteiger charge is 2.14. The molecule has 0 aliphatic carbocycles. The summed E-state index contributed by atoms with van der Waals surface area (Å²) in [6, 6.07) is 6.55. The standard InChI is InChI=1S/C22H24F2N6O/c1-4-17(25-3)9-18(20-6-5-15(10-26-20)22(23)24)14(2)13-31-21-8-7-19(29-30-21)16-11-27-28-12-16/h5-8,10-12,22H,4,9,13H2,1-3H3,(H,27,28)/b18-14-,25-17-. The third-order valence-corrected chi connectivity index (χ3v) is 4.84. The van der Waals surface area contributed by atoms with Crippen LogP contribution in [0.3, 0.4) is 0 Å². The van der Waals surface area contributed by atoms with Crippen LogP contribution in [-0.4, -0.2) is 44.7 Å². The van der Waals surface area contributed by atoms with E-state index in [4.69, 9.17) is 4.74 Å². The number of pyridine rings is 1.